The first-order valence-electron chi connectivity index (χ1n) is 8.06. The molecule has 8 heteroatoms. The normalized spacial score (nSPS) is 13.6. The number of methoxy groups -OCH3 is 1. The monoisotopic (exact) mass is 380 g/mol. The van der Waals surface area contributed by atoms with E-state index in [0.717, 1.165) is 12.1 Å². The van der Waals surface area contributed by atoms with Gasteiger partial charge in [0, 0.05) is 13.5 Å². The fraction of sp³-hybridized carbons (Fsp3) is 0.263. The first-order chi connectivity index (χ1) is 12.7. The van der Waals surface area contributed by atoms with Gasteiger partial charge in [-0.05, 0) is 23.3 Å². The van der Waals surface area contributed by atoms with E-state index in [9.17, 15) is 22.8 Å². The molecule has 0 saturated heterocycles. The van der Waals surface area contributed by atoms with Gasteiger partial charge in [0.2, 0.25) is 5.91 Å². The smallest absolute Gasteiger partial charge is 0.368 e. The second-order valence-electron chi connectivity index (χ2n) is 5.89. The van der Waals surface area contributed by atoms with Gasteiger partial charge in [0.15, 0.2) is 6.10 Å². The van der Waals surface area contributed by atoms with Crippen molar-refractivity contribution in [3.05, 3.63) is 71.3 Å². The highest BCUT2D eigenvalue weighted by Crippen LogP contribution is 2.29. The fourth-order valence-electron chi connectivity index (χ4n) is 2.56. The van der Waals surface area contributed by atoms with Gasteiger partial charge in [-0.15, -0.1) is 0 Å². The van der Waals surface area contributed by atoms with Crippen LogP contribution in [-0.2, 0) is 26.9 Å². The minimum Gasteiger partial charge on any atom is -0.368 e. The molecular formula is C19H19F3N2O3. The van der Waals surface area contributed by atoms with Crippen LogP contribution in [0.5, 0.6) is 0 Å². The molecule has 0 aliphatic carbocycles. The summed E-state index contributed by atoms with van der Waals surface area (Å²) in [5, 5.41) is 2.50. The highest BCUT2D eigenvalue weighted by atomic mass is 19.4. The molecule has 2 aromatic carbocycles. The largest absolute Gasteiger partial charge is 0.416 e. The third-order valence-corrected chi connectivity index (χ3v) is 3.96. The van der Waals surface area contributed by atoms with Gasteiger partial charge in [-0.2, -0.15) is 13.2 Å². The summed E-state index contributed by atoms with van der Waals surface area (Å²) < 4.78 is 43.1. The van der Waals surface area contributed by atoms with Crippen molar-refractivity contribution < 1.29 is 27.5 Å². The van der Waals surface area contributed by atoms with Crippen LogP contribution in [0.25, 0.3) is 0 Å². The number of rotatable bonds is 7. The number of alkyl halides is 3. The summed E-state index contributed by atoms with van der Waals surface area (Å²) in [6.07, 6.45) is -5.43. The van der Waals surface area contributed by atoms with Crippen molar-refractivity contribution in [3.8, 4) is 0 Å². The number of primary amides is 1. The maximum atomic E-state index is 12.6. The third kappa shape index (κ3) is 5.55. The summed E-state index contributed by atoms with van der Waals surface area (Å²) in [7, 11) is 1.35. The van der Waals surface area contributed by atoms with Crippen LogP contribution in [0.4, 0.5) is 13.2 Å². The topological polar surface area (TPSA) is 81.4 Å². The van der Waals surface area contributed by atoms with E-state index in [1.54, 1.807) is 30.3 Å². The lowest BCUT2D eigenvalue weighted by Crippen LogP contribution is -2.47. The Hall–Kier alpha value is -2.87. The number of hydrogen-bond donors (Lipinski definition) is 2. The number of carbonyl (C=O) groups is 2. The molecule has 0 aromatic heterocycles. The number of halogens is 3. The average Bonchev–Trinajstić information content (AvgIpc) is 2.62. The number of nitrogens with one attached hydrogen (secondary N) is 1. The van der Waals surface area contributed by atoms with Gasteiger partial charge < -0.3 is 15.8 Å². The van der Waals surface area contributed by atoms with Gasteiger partial charge in [-0.1, -0.05) is 42.5 Å². The number of nitrogens with two attached hydrogens (primary N) is 1. The summed E-state index contributed by atoms with van der Waals surface area (Å²) >= 11 is 0. The summed E-state index contributed by atoms with van der Waals surface area (Å²) in [4.78, 5) is 24.2. The molecule has 2 rings (SSSR count). The summed E-state index contributed by atoms with van der Waals surface area (Å²) in [6.45, 7) is 0. The molecule has 0 aliphatic heterocycles. The molecule has 27 heavy (non-hydrogen) atoms. The Morgan fingerprint density at radius 2 is 1.67 bits per heavy atom. The van der Waals surface area contributed by atoms with Crippen LogP contribution >= 0.6 is 0 Å². The maximum Gasteiger partial charge on any atom is 0.416 e. The van der Waals surface area contributed by atoms with E-state index in [1.165, 1.54) is 19.2 Å². The lowest BCUT2D eigenvalue weighted by Gasteiger charge is -2.20. The van der Waals surface area contributed by atoms with E-state index in [0.29, 0.717) is 11.1 Å². The van der Waals surface area contributed by atoms with Crippen molar-refractivity contribution in [1.82, 2.24) is 5.32 Å². The molecule has 0 spiro atoms. The molecule has 0 unspecified atom stereocenters. The van der Waals surface area contributed by atoms with E-state index in [-0.39, 0.29) is 6.42 Å². The Labute approximate surface area is 154 Å². The zero-order chi connectivity index (χ0) is 20.0. The standard InChI is InChI=1S/C19H19F3N2O3/c1-27-16(13-5-3-2-4-6-13)18(26)24-15(17(23)25)11-12-7-9-14(10-8-12)19(20,21)22/h2-10,15-16H,11H2,1H3,(H2,23,25)(H,24,26)/t15-,16-/m0/s1. The Balaban J connectivity index is 2.11. The molecule has 3 N–H and O–H groups in total. The summed E-state index contributed by atoms with van der Waals surface area (Å²) in [5.74, 6) is -1.37. The van der Waals surface area contributed by atoms with Crippen molar-refractivity contribution in [2.75, 3.05) is 7.11 Å². The molecule has 5 nitrogen and oxygen atoms in total. The van der Waals surface area contributed by atoms with Crippen LogP contribution in [0.2, 0.25) is 0 Å². The first kappa shape index (κ1) is 20.4. The van der Waals surface area contributed by atoms with Crippen molar-refractivity contribution in [1.29, 1.82) is 0 Å². The molecule has 2 atom stereocenters. The number of ether oxygens (including phenoxy) is 1. The van der Waals surface area contributed by atoms with E-state index in [2.05, 4.69) is 5.32 Å². The molecule has 0 fully saturated rings. The van der Waals surface area contributed by atoms with E-state index < -0.39 is 35.7 Å². The van der Waals surface area contributed by atoms with Crippen LogP contribution < -0.4 is 11.1 Å². The highest BCUT2D eigenvalue weighted by molar-refractivity contribution is 5.89. The van der Waals surface area contributed by atoms with Crippen molar-refractivity contribution in [2.45, 2.75) is 24.7 Å². The van der Waals surface area contributed by atoms with Crippen LogP contribution in [0.3, 0.4) is 0 Å². The molecule has 0 saturated carbocycles. The van der Waals surface area contributed by atoms with Gasteiger partial charge in [-0.3, -0.25) is 9.59 Å². The quantitative estimate of drug-likeness (QED) is 0.775. The van der Waals surface area contributed by atoms with Gasteiger partial charge in [0.05, 0.1) is 5.56 Å². The maximum absolute atomic E-state index is 12.6. The summed E-state index contributed by atoms with van der Waals surface area (Å²) in [5.41, 5.74) is 5.57. The van der Waals surface area contributed by atoms with Crippen LogP contribution in [0.15, 0.2) is 54.6 Å². The lowest BCUT2D eigenvalue weighted by molar-refractivity contribution is -0.137. The van der Waals surface area contributed by atoms with Gasteiger partial charge in [0.1, 0.15) is 6.04 Å². The second kappa shape index (κ2) is 8.68. The molecule has 0 radical (unpaired) electrons. The average molecular weight is 380 g/mol. The number of benzene rings is 2. The lowest BCUT2D eigenvalue weighted by atomic mass is 10.0. The molecule has 0 heterocycles. The van der Waals surface area contributed by atoms with E-state index in [4.69, 9.17) is 10.5 Å². The number of carbonyl (C=O) groups excluding carboxylic acids is 2. The van der Waals surface area contributed by atoms with E-state index in [1.807, 2.05) is 0 Å². The molecule has 2 amide bonds. The van der Waals surface area contributed by atoms with Gasteiger partial charge >= 0.3 is 6.18 Å². The molecule has 0 bridgehead atoms. The van der Waals surface area contributed by atoms with Crippen LogP contribution in [0, 0.1) is 0 Å². The van der Waals surface area contributed by atoms with Crippen molar-refractivity contribution >= 4 is 11.8 Å². The SMILES string of the molecule is CO[C@H](C(=O)N[C@@H](Cc1ccc(C(F)(F)F)cc1)C(N)=O)c1ccccc1. The van der Waals surface area contributed by atoms with E-state index >= 15 is 0 Å². The Morgan fingerprint density at radius 1 is 1.07 bits per heavy atom. The molecule has 0 aliphatic rings. The van der Waals surface area contributed by atoms with Gasteiger partial charge in [-0.25, -0.2) is 0 Å². The minimum absolute atomic E-state index is 0.0373. The third-order valence-electron chi connectivity index (χ3n) is 3.96. The highest BCUT2D eigenvalue weighted by Gasteiger charge is 2.30. The van der Waals surface area contributed by atoms with Crippen LogP contribution in [0.1, 0.15) is 22.8 Å². The molecule has 2 aromatic rings. The van der Waals surface area contributed by atoms with Crippen molar-refractivity contribution in [2.24, 2.45) is 5.73 Å². The minimum atomic E-state index is -4.45. The first-order valence-corrected chi connectivity index (χ1v) is 8.06. The Kier molecular flexibility index (Phi) is 6.57. The number of hydrogen-bond acceptors (Lipinski definition) is 3. The zero-order valence-electron chi connectivity index (χ0n) is 14.5. The predicted octanol–water partition coefficient (Wildman–Crippen LogP) is 2.61. The van der Waals surface area contributed by atoms with Crippen LogP contribution in [-0.4, -0.2) is 25.0 Å². The Bertz CT molecular complexity index is 777. The number of amides is 2. The predicted molar refractivity (Wildman–Crippen MR) is 92.5 cm³/mol. The molecular weight excluding hydrogens is 361 g/mol. The Morgan fingerprint density at radius 3 is 2.15 bits per heavy atom. The fourth-order valence-corrected chi connectivity index (χ4v) is 2.56. The summed E-state index contributed by atoms with van der Waals surface area (Å²) in [6, 6.07) is 11.9. The van der Waals surface area contributed by atoms with Gasteiger partial charge in [0.25, 0.3) is 5.91 Å². The second-order valence-corrected chi connectivity index (χ2v) is 5.89. The van der Waals surface area contributed by atoms with Crippen molar-refractivity contribution in [3.63, 3.8) is 0 Å². The molecule has 144 valence electrons. The zero-order valence-corrected chi connectivity index (χ0v) is 14.5.